The summed E-state index contributed by atoms with van der Waals surface area (Å²) in [6.07, 6.45) is 0.869. The van der Waals surface area contributed by atoms with Crippen LogP contribution in [0, 0.1) is 0 Å². The fraction of sp³-hybridized carbons (Fsp3) is 0.294. The van der Waals surface area contributed by atoms with E-state index in [0.717, 1.165) is 11.3 Å². The van der Waals surface area contributed by atoms with Gasteiger partial charge < -0.3 is 10.1 Å². The number of amides is 1. The maximum Gasteiger partial charge on any atom is 0.341 e. The first-order chi connectivity index (χ1) is 11.4. The third kappa shape index (κ3) is 4.72. The molecular weight excluding hydrogens is 369 g/mol. The van der Waals surface area contributed by atoms with Gasteiger partial charge in [0.2, 0.25) is 5.91 Å². The number of carbonyl (C=O) groups is 2. The van der Waals surface area contributed by atoms with Gasteiger partial charge in [0, 0.05) is 14.9 Å². The molecule has 2 rings (SSSR count). The van der Waals surface area contributed by atoms with Crippen LogP contribution in [-0.4, -0.2) is 18.5 Å². The van der Waals surface area contributed by atoms with Crippen LogP contribution in [0.4, 0.5) is 5.00 Å². The van der Waals surface area contributed by atoms with Gasteiger partial charge in [0.05, 0.1) is 18.6 Å². The second kappa shape index (κ2) is 8.51. The third-order valence-corrected chi connectivity index (χ3v) is 5.03. The minimum Gasteiger partial charge on any atom is -0.462 e. The van der Waals surface area contributed by atoms with E-state index in [4.69, 9.17) is 27.9 Å². The Morgan fingerprint density at radius 1 is 1.21 bits per heavy atom. The summed E-state index contributed by atoms with van der Waals surface area (Å²) in [6, 6.07) is 6.74. The summed E-state index contributed by atoms with van der Waals surface area (Å²) < 4.78 is 5.04. The molecular formula is C17H17Cl2NO3S. The monoisotopic (exact) mass is 385 g/mol. The van der Waals surface area contributed by atoms with Crippen molar-refractivity contribution in [3.05, 3.63) is 50.3 Å². The topological polar surface area (TPSA) is 55.4 Å². The predicted octanol–water partition coefficient (Wildman–Crippen LogP) is 4.98. The standard InChI is InChI=1S/C17H17Cl2NO3S/c1-3-12-9-13(17(22)23-4-2)16(24-12)20-15(21)7-10-5-6-11(18)8-14(10)19/h5-6,8-9H,3-4,7H2,1-2H3,(H,20,21). The Balaban J connectivity index is 2.16. The Morgan fingerprint density at radius 2 is 1.96 bits per heavy atom. The second-order valence-electron chi connectivity index (χ2n) is 4.99. The molecule has 1 heterocycles. The summed E-state index contributed by atoms with van der Waals surface area (Å²) in [5.41, 5.74) is 1.05. The Kier molecular flexibility index (Phi) is 6.66. The SMILES string of the molecule is CCOC(=O)c1cc(CC)sc1NC(=O)Cc1ccc(Cl)cc1Cl. The lowest BCUT2D eigenvalue weighted by atomic mass is 10.1. The van der Waals surface area contributed by atoms with E-state index < -0.39 is 5.97 Å². The van der Waals surface area contributed by atoms with Crippen LogP contribution in [0.5, 0.6) is 0 Å². The molecule has 2 aromatic rings. The number of aryl methyl sites for hydroxylation is 1. The smallest absolute Gasteiger partial charge is 0.341 e. The van der Waals surface area contributed by atoms with Crippen LogP contribution in [0.2, 0.25) is 10.0 Å². The van der Waals surface area contributed by atoms with E-state index in [1.165, 1.54) is 11.3 Å². The molecule has 0 fully saturated rings. The summed E-state index contributed by atoms with van der Waals surface area (Å²) >= 11 is 13.3. The van der Waals surface area contributed by atoms with E-state index in [0.29, 0.717) is 26.2 Å². The van der Waals surface area contributed by atoms with E-state index in [1.54, 1.807) is 31.2 Å². The van der Waals surface area contributed by atoms with Crippen LogP contribution in [-0.2, 0) is 22.4 Å². The van der Waals surface area contributed by atoms with Crippen molar-refractivity contribution in [3.63, 3.8) is 0 Å². The van der Waals surface area contributed by atoms with Crippen molar-refractivity contribution >= 4 is 51.4 Å². The minimum absolute atomic E-state index is 0.0949. The van der Waals surface area contributed by atoms with Crippen molar-refractivity contribution < 1.29 is 14.3 Å². The number of rotatable bonds is 6. The number of anilines is 1. The molecule has 7 heteroatoms. The van der Waals surface area contributed by atoms with Crippen LogP contribution < -0.4 is 5.32 Å². The summed E-state index contributed by atoms with van der Waals surface area (Å²) in [4.78, 5) is 25.3. The van der Waals surface area contributed by atoms with Crippen molar-refractivity contribution in [2.45, 2.75) is 26.7 Å². The number of esters is 1. The normalized spacial score (nSPS) is 10.5. The lowest BCUT2D eigenvalue weighted by molar-refractivity contribution is -0.115. The Bertz CT molecular complexity index is 758. The predicted molar refractivity (Wildman–Crippen MR) is 98.4 cm³/mol. The van der Waals surface area contributed by atoms with Gasteiger partial charge in [-0.25, -0.2) is 4.79 Å². The number of hydrogen-bond donors (Lipinski definition) is 1. The summed E-state index contributed by atoms with van der Waals surface area (Å²) in [5.74, 6) is -0.692. The molecule has 0 aliphatic heterocycles. The Hall–Kier alpha value is -1.56. The first kappa shape index (κ1) is 18.8. The number of hydrogen-bond acceptors (Lipinski definition) is 4. The van der Waals surface area contributed by atoms with Gasteiger partial charge in [-0.2, -0.15) is 0 Å². The zero-order valence-electron chi connectivity index (χ0n) is 13.3. The molecule has 0 saturated heterocycles. The molecule has 0 bridgehead atoms. The zero-order valence-corrected chi connectivity index (χ0v) is 15.6. The molecule has 1 N–H and O–H groups in total. The maximum absolute atomic E-state index is 12.3. The second-order valence-corrected chi connectivity index (χ2v) is 6.97. The maximum atomic E-state index is 12.3. The first-order valence-corrected chi connectivity index (χ1v) is 9.05. The van der Waals surface area contributed by atoms with Crippen molar-refractivity contribution in [3.8, 4) is 0 Å². The highest BCUT2D eigenvalue weighted by Crippen LogP contribution is 2.30. The van der Waals surface area contributed by atoms with Gasteiger partial charge in [-0.15, -0.1) is 11.3 Å². The Labute approximate surface area is 154 Å². The van der Waals surface area contributed by atoms with Gasteiger partial charge in [0.1, 0.15) is 5.00 Å². The number of benzene rings is 1. The molecule has 0 saturated carbocycles. The lowest BCUT2D eigenvalue weighted by Gasteiger charge is -2.07. The number of halogens is 2. The summed E-state index contributed by atoms with van der Waals surface area (Å²) in [7, 11) is 0. The average Bonchev–Trinajstić information content (AvgIpc) is 2.93. The van der Waals surface area contributed by atoms with Crippen LogP contribution in [0.3, 0.4) is 0 Å². The van der Waals surface area contributed by atoms with Crippen molar-refractivity contribution in [2.75, 3.05) is 11.9 Å². The molecule has 0 atom stereocenters. The van der Waals surface area contributed by atoms with Crippen LogP contribution in [0.1, 0.15) is 34.6 Å². The van der Waals surface area contributed by atoms with E-state index in [2.05, 4.69) is 5.32 Å². The van der Waals surface area contributed by atoms with E-state index in [1.807, 2.05) is 6.92 Å². The highest BCUT2D eigenvalue weighted by Gasteiger charge is 2.19. The first-order valence-electron chi connectivity index (χ1n) is 7.48. The van der Waals surface area contributed by atoms with Crippen LogP contribution >= 0.6 is 34.5 Å². The zero-order chi connectivity index (χ0) is 17.7. The van der Waals surface area contributed by atoms with Crippen molar-refractivity contribution in [2.24, 2.45) is 0 Å². The Morgan fingerprint density at radius 3 is 2.58 bits per heavy atom. The average molecular weight is 386 g/mol. The number of nitrogens with one attached hydrogen (secondary N) is 1. The number of carbonyl (C=O) groups excluding carboxylic acids is 2. The fourth-order valence-electron chi connectivity index (χ4n) is 2.08. The minimum atomic E-state index is -0.437. The molecule has 0 aliphatic carbocycles. The molecule has 4 nitrogen and oxygen atoms in total. The van der Waals surface area contributed by atoms with Crippen LogP contribution in [0.15, 0.2) is 24.3 Å². The molecule has 1 amide bonds. The van der Waals surface area contributed by atoms with Crippen molar-refractivity contribution in [1.29, 1.82) is 0 Å². The van der Waals surface area contributed by atoms with Gasteiger partial charge >= 0.3 is 5.97 Å². The van der Waals surface area contributed by atoms with Gasteiger partial charge in [0.15, 0.2) is 0 Å². The number of ether oxygens (including phenoxy) is 1. The quantitative estimate of drug-likeness (QED) is 0.713. The van der Waals surface area contributed by atoms with Crippen molar-refractivity contribution in [1.82, 2.24) is 0 Å². The van der Waals surface area contributed by atoms with E-state index in [-0.39, 0.29) is 18.9 Å². The highest BCUT2D eigenvalue weighted by molar-refractivity contribution is 7.16. The number of thiophene rings is 1. The van der Waals surface area contributed by atoms with E-state index >= 15 is 0 Å². The van der Waals surface area contributed by atoms with Crippen LogP contribution in [0.25, 0.3) is 0 Å². The van der Waals surface area contributed by atoms with E-state index in [9.17, 15) is 9.59 Å². The third-order valence-electron chi connectivity index (χ3n) is 3.25. The molecule has 0 spiro atoms. The molecule has 0 unspecified atom stereocenters. The summed E-state index contributed by atoms with van der Waals surface area (Å²) in [6.45, 7) is 4.01. The molecule has 1 aromatic heterocycles. The lowest BCUT2D eigenvalue weighted by Crippen LogP contribution is -2.16. The largest absolute Gasteiger partial charge is 0.462 e. The fourth-order valence-corrected chi connectivity index (χ4v) is 3.55. The molecule has 0 radical (unpaired) electrons. The summed E-state index contributed by atoms with van der Waals surface area (Å²) in [5, 5.41) is 4.23. The van der Waals surface area contributed by atoms with Gasteiger partial charge in [-0.3, -0.25) is 4.79 Å². The van der Waals surface area contributed by atoms with Gasteiger partial charge in [-0.1, -0.05) is 36.2 Å². The highest BCUT2D eigenvalue weighted by atomic mass is 35.5. The molecule has 0 aliphatic rings. The molecule has 24 heavy (non-hydrogen) atoms. The van der Waals surface area contributed by atoms with Gasteiger partial charge in [-0.05, 0) is 37.1 Å². The molecule has 128 valence electrons. The molecule has 1 aromatic carbocycles. The van der Waals surface area contributed by atoms with Gasteiger partial charge in [0.25, 0.3) is 0 Å².